The quantitative estimate of drug-likeness (QED) is 0.164. The van der Waals surface area contributed by atoms with Crippen LogP contribution in [0.2, 0.25) is 0 Å². The summed E-state index contributed by atoms with van der Waals surface area (Å²) >= 11 is 0. The van der Waals surface area contributed by atoms with Gasteiger partial charge in [-0.15, -0.1) is 0 Å². The zero-order valence-corrected chi connectivity index (χ0v) is 28.6. The molecule has 20 nitrogen and oxygen atoms in total. The maximum absolute atomic E-state index is 8.55. The Hall–Kier alpha value is 6.20. The maximum Gasteiger partial charge on any atom is 2.00 e. The zero-order valence-electron chi connectivity index (χ0n) is 16.6. The maximum atomic E-state index is 8.55. The van der Waals surface area contributed by atoms with Gasteiger partial charge in [-0.3, -0.25) is 0 Å². The normalized spacial score (nSPS) is 8.68. The second kappa shape index (κ2) is 43.7. The molecule has 0 aromatic carbocycles. The Balaban J connectivity index is -0.0000000115. The minimum atomic E-state index is -5.39. The third kappa shape index (κ3) is 1380. The van der Waals surface area contributed by atoms with Gasteiger partial charge in [-0.25, -0.2) is 0 Å². The van der Waals surface area contributed by atoms with Crippen LogP contribution in [0.1, 0.15) is 0 Å². The van der Waals surface area contributed by atoms with E-state index >= 15 is 0 Å². The van der Waals surface area contributed by atoms with E-state index in [1.165, 1.54) is 0 Å². The molecule has 0 bridgehead atoms. The van der Waals surface area contributed by atoms with Gasteiger partial charge in [0.15, 0.2) is 0 Å². The smallest absolute Gasteiger partial charge is 0.822 e. The number of hydrogen-bond acceptors (Lipinski definition) is 20. The van der Waals surface area contributed by atoms with E-state index in [2.05, 4.69) is 0 Å². The molecule has 0 N–H and O–H groups in total. The molecule has 0 aliphatic rings. The molecular weight excluding hydrogens is 736 g/mol. The molecule has 0 aliphatic carbocycles. The van der Waals surface area contributed by atoms with Crippen molar-refractivity contribution in [2.45, 2.75) is 0 Å². The molecule has 0 heterocycles. The van der Waals surface area contributed by atoms with Crippen molar-refractivity contribution in [2.75, 3.05) is 0 Å². The van der Waals surface area contributed by atoms with Crippen molar-refractivity contribution in [3.05, 3.63) is 0 Å². The van der Waals surface area contributed by atoms with Crippen molar-refractivity contribution >= 4 is 108 Å². The minimum absolute atomic E-state index is 0. The van der Waals surface area contributed by atoms with E-state index in [0.29, 0.717) is 0 Å². The topological polar surface area (TPSA) is 431 Å². The number of hydrogen-bond donors (Lipinski definition) is 0. The van der Waals surface area contributed by atoms with Crippen molar-refractivity contribution in [3.63, 3.8) is 0 Å². The minimum Gasteiger partial charge on any atom is -0.822 e. The Morgan fingerprint density at radius 1 is 0.265 bits per heavy atom. The summed E-state index contributed by atoms with van der Waals surface area (Å²) in [5.74, 6) is 0. The van der Waals surface area contributed by atoms with Gasteiger partial charge in [0.1, 0.15) is 0 Å². The summed E-state index contributed by atoms with van der Waals surface area (Å²) in [5, 5.41) is 0. The van der Waals surface area contributed by atoms with Gasteiger partial charge in [0, 0.05) is 0 Å². The van der Waals surface area contributed by atoms with Crippen molar-refractivity contribution in [1.29, 1.82) is 0 Å². The first-order valence-corrected chi connectivity index (χ1v) is 11.0. The molecule has 0 aromatic rings. The Morgan fingerprint density at radius 2 is 0.265 bits per heavy atom. The van der Waals surface area contributed by atoms with Crippen LogP contribution in [0.4, 0.5) is 0 Å². The van der Waals surface area contributed by atoms with Gasteiger partial charge in [-0.05, 0) is 0 Å². The fourth-order valence-electron chi connectivity index (χ4n) is 0. The van der Waals surface area contributed by atoms with Crippen LogP contribution in [0.3, 0.4) is 0 Å². The SMILES string of the molecule is O=P([O-])([O-])[O-].O=P([O-])([O-])[O-].O=P([O-])([O-])[O-].O=P([O-])([O-])[O-].O=P([O-])([O-])[O-].[Fe+2].[Fe+2].[Fe+2].[Li+].[Li+].[Li+].[Mg+2].[Mg+2].[Mg+2]. The summed E-state index contributed by atoms with van der Waals surface area (Å²) in [5.41, 5.74) is 0. The Labute approximate surface area is 308 Å². The Morgan fingerprint density at radius 3 is 0.265 bits per heavy atom. The first-order chi connectivity index (χ1) is 10.0. The Bertz CT molecular complexity index is 408. The van der Waals surface area contributed by atoms with Crippen molar-refractivity contribution in [2.24, 2.45) is 0 Å². The molecule has 34 heavy (non-hydrogen) atoms. The van der Waals surface area contributed by atoms with Crippen molar-refractivity contribution < 1.29 is 204 Å². The van der Waals surface area contributed by atoms with Crippen LogP contribution in [-0.2, 0) is 74.0 Å². The molecule has 0 saturated heterocycles. The molecule has 178 valence electrons. The molecule has 0 aliphatic heterocycles. The third-order valence-corrected chi connectivity index (χ3v) is 0. The number of rotatable bonds is 0. The van der Waals surface area contributed by atoms with Crippen LogP contribution in [0.25, 0.3) is 0 Å². The largest absolute Gasteiger partial charge is 2.00 e. The van der Waals surface area contributed by atoms with E-state index in [4.69, 9.17) is 96.2 Å². The average molecular weight is 736 g/mol. The van der Waals surface area contributed by atoms with E-state index in [1.54, 1.807) is 0 Å². The molecular formula is Fe3Li3Mg3O20P5. The van der Waals surface area contributed by atoms with Crippen molar-refractivity contribution in [3.8, 4) is 0 Å². The molecule has 0 spiro atoms. The van der Waals surface area contributed by atoms with E-state index in [0.717, 1.165) is 0 Å². The van der Waals surface area contributed by atoms with Crippen LogP contribution >= 0.6 is 39.1 Å². The summed E-state index contributed by atoms with van der Waals surface area (Å²) in [6.45, 7) is 0. The Kier molecular flexibility index (Phi) is 116. The summed E-state index contributed by atoms with van der Waals surface area (Å²) in [6.07, 6.45) is 0. The zero-order chi connectivity index (χ0) is 22.5. The standard InChI is InChI=1S/3Fe.3Li.3Mg.5H3O4P/c;;;;;;;;;5*1-5(2,3)4/h;;;;;;;;;5*(H3,1,2,3,4)/q3*+2;3*+1;3*+2;;;;;/p-15. The van der Waals surface area contributed by atoms with E-state index in [-0.39, 0.29) is 177 Å². The second-order valence-electron chi connectivity index (χ2n) is 2.24. The molecule has 0 radical (unpaired) electrons. The molecule has 0 rings (SSSR count). The van der Waals surface area contributed by atoms with Gasteiger partial charge < -0.3 is 96.2 Å². The van der Waals surface area contributed by atoms with Crippen molar-refractivity contribution in [1.82, 2.24) is 0 Å². The molecule has 0 atom stereocenters. The van der Waals surface area contributed by atoms with Crippen LogP contribution in [-0.4, -0.2) is 69.2 Å². The van der Waals surface area contributed by atoms with Crippen LogP contribution in [0, 0.1) is 0 Å². The molecule has 0 fully saturated rings. The predicted octanol–water partition coefficient (Wildman–Crippen LogP) is -24.3. The summed E-state index contributed by atoms with van der Waals surface area (Å²) in [4.78, 5) is 128. The van der Waals surface area contributed by atoms with E-state index in [9.17, 15) is 0 Å². The molecule has 0 amide bonds. The van der Waals surface area contributed by atoms with Gasteiger partial charge in [0.2, 0.25) is 0 Å². The summed E-state index contributed by atoms with van der Waals surface area (Å²) in [7, 11) is -26.9. The van der Waals surface area contributed by atoms with E-state index in [1.807, 2.05) is 0 Å². The van der Waals surface area contributed by atoms with E-state index < -0.39 is 39.1 Å². The van der Waals surface area contributed by atoms with Crippen LogP contribution < -0.4 is 130 Å². The molecule has 0 unspecified atom stereocenters. The summed E-state index contributed by atoms with van der Waals surface area (Å²) < 4.78 is 42.7. The van der Waals surface area contributed by atoms with Gasteiger partial charge in [-0.2, -0.15) is 39.1 Å². The molecule has 0 saturated carbocycles. The second-order valence-corrected chi connectivity index (χ2v) is 6.71. The van der Waals surface area contributed by atoms with Gasteiger partial charge in [0.25, 0.3) is 0 Å². The molecule has 0 aromatic heterocycles. The third-order valence-electron chi connectivity index (χ3n) is 0. The first-order valence-electron chi connectivity index (χ1n) is 3.65. The van der Waals surface area contributed by atoms with Gasteiger partial charge in [-0.1, -0.05) is 0 Å². The molecule has 34 heteroatoms. The summed E-state index contributed by atoms with van der Waals surface area (Å²) in [6, 6.07) is 0. The number of phosphoric acid groups is 5. The first kappa shape index (κ1) is 90.0. The average Bonchev–Trinajstić information content (AvgIpc) is 1.79. The fourth-order valence-corrected chi connectivity index (χ4v) is 0. The van der Waals surface area contributed by atoms with Crippen LogP contribution in [0.5, 0.6) is 0 Å². The van der Waals surface area contributed by atoms with Crippen LogP contribution in [0.15, 0.2) is 0 Å². The predicted molar refractivity (Wildman–Crippen MR) is 55.3 cm³/mol. The fraction of sp³-hybridized carbons (Fsp3) is 0. The van der Waals surface area contributed by atoms with Gasteiger partial charge >= 0.3 is 177 Å². The van der Waals surface area contributed by atoms with Gasteiger partial charge in [0.05, 0.1) is 0 Å². The monoisotopic (exact) mass is 736 g/mol.